The first-order chi connectivity index (χ1) is 7.25. The van der Waals surface area contributed by atoms with Crippen LogP contribution in [-0.2, 0) is 24.7 Å². The van der Waals surface area contributed by atoms with Crippen LogP contribution in [0.2, 0.25) is 0 Å². The molecule has 0 fully saturated rings. The van der Waals surface area contributed by atoms with Gasteiger partial charge in [-0.15, -0.1) is 0 Å². The number of sulfonamides is 1. The second-order valence-corrected chi connectivity index (χ2v) is 9.17. The molecule has 0 heterocycles. The van der Waals surface area contributed by atoms with Crippen LogP contribution in [0.5, 0.6) is 0 Å². The molecule has 0 amide bonds. The fraction of sp³-hybridized carbons (Fsp3) is 0.875. The molecule has 0 aromatic heterocycles. The third-order valence-electron chi connectivity index (χ3n) is 1.78. The summed E-state index contributed by atoms with van der Waals surface area (Å²) < 4.78 is 46.6. The fourth-order valence-electron chi connectivity index (χ4n) is 1.09. The lowest BCUT2D eigenvalue weighted by Gasteiger charge is -2.27. The third-order valence-corrected chi connectivity index (χ3v) is 5.33. The Morgan fingerprint density at radius 2 is 1.65 bits per heavy atom. The van der Waals surface area contributed by atoms with Crippen molar-refractivity contribution in [2.75, 3.05) is 11.3 Å². The minimum Gasteiger partial charge on any atom is -0.480 e. The lowest BCUT2D eigenvalue weighted by molar-refractivity contribution is -0.141. The molecular weight excluding hydrogens is 270 g/mol. The van der Waals surface area contributed by atoms with Crippen molar-refractivity contribution < 1.29 is 26.7 Å². The Hall–Kier alpha value is -0.670. The van der Waals surface area contributed by atoms with Crippen molar-refractivity contribution in [3.8, 4) is 0 Å². The molecule has 0 spiro atoms. The molecule has 0 bridgehead atoms. The number of carboxylic acid groups (broad SMARTS) is 1. The summed E-state index contributed by atoms with van der Waals surface area (Å²) in [5.74, 6) is -1.35. The van der Waals surface area contributed by atoms with Gasteiger partial charge in [0.25, 0.3) is 0 Å². The fourth-order valence-corrected chi connectivity index (χ4v) is 4.43. The summed E-state index contributed by atoms with van der Waals surface area (Å²) in [7, 11) is -7.93. The Kier molecular flexibility index (Phi) is 4.71. The molecule has 17 heavy (non-hydrogen) atoms. The first-order valence-electron chi connectivity index (χ1n) is 4.65. The Balaban J connectivity index is 5.10. The average Bonchev–Trinajstić information content (AvgIpc) is 1.92. The molecule has 9 heteroatoms. The number of nitrogens with one attached hydrogen (secondary N) is 1. The maximum absolute atomic E-state index is 11.5. The predicted octanol–water partition coefficient (Wildman–Crippen LogP) is -0.593. The first-order valence-corrected chi connectivity index (χ1v) is 8.36. The highest BCUT2D eigenvalue weighted by Crippen LogP contribution is 2.20. The number of sulfone groups is 1. The zero-order valence-electron chi connectivity index (χ0n) is 10.1. The molecule has 7 nitrogen and oxygen atoms in total. The standard InChI is InChI=1S/C8H17NO6S2/c1-8(2,3)6(7(10)11)9-17(14,15)5-16(4,12)13/h6,9H,5H2,1-4H3,(H,10,11)/t6-/m0/s1. The van der Waals surface area contributed by atoms with Gasteiger partial charge in [-0.25, -0.2) is 16.8 Å². The molecule has 0 saturated carbocycles. The van der Waals surface area contributed by atoms with Crippen LogP contribution in [0, 0.1) is 5.41 Å². The molecule has 2 N–H and O–H groups in total. The molecule has 0 radical (unpaired) electrons. The number of aliphatic carboxylic acids is 1. The van der Waals surface area contributed by atoms with E-state index in [1.807, 2.05) is 4.72 Å². The maximum atomic E-state index is 11.5. The Morgan fingerprint density at radius 1 is 1.24 bits per heavy atom. The van der Waals surface area contributed by atoms with E-state index in [9.17, 15) is 21.6 Å². The van der Waals surface area contributed by atoms with Gasteiger partial charge in [0.2, 0.25) is 10.0 Å². The summed E-state index contributed by atoms with van der Waals surface area (Å²) in [6, 6.07) is -1.38. The van der Waals surface area contributed by atoms with Crippen molar-refractivity contribution >= 4 is 25.8 Å². The Labute approximate surface area is 101 Å². The lowest BCUT2D eigenvalue weighted by atomic mass is 9.88. The van der Waals surface area contributed by atoms with E-state index in [4.69, 9.17) is 5.11 Å². The van der Waals surface area contributed by atoms with Gasteiger partial charge < -0.3 is 5.11 Å². The SMILES string of the molecule is CC(C)(C)[C@@H](NS(=O)(=O)CS(C)(=O)=O)C(=O)O. The molecule has 0 aromatic carbocycles. The molecule has 1 atom stereocenters. The molecule has 102 valence electrons. The highest BCUT2D eigenvalue weighted by Gasteiger charge is 2.35. The van der Waals surface area contributed by atoms with Crippen LogP contribution in [0.3, 0.4) is 0 Å². The summed E-state index contributed by atoms with van der Waals surface area (Å²) in [5.41, 5.74) is -0.865. The molecule has 0 saturated heterocycles. The smallest absolute Gasteiger partial charge is 0.322 e. The van der Waals surface area contributed by atoms with Gasteiger partial charge in [0.15, 0.2) is 14.9 Å². The highest BCUT2D eigenvalue weighted by molar-refractivity contribution is 8.06. The van der Waals surface area contributed by atoms with Crippen LogP contribution in [0.4, 0.5) is 0 Å². The average molecular weight is 287 g/mol. The van der Waals surface area contributed by atoms with Crippen LogP contribution in [0.15, 0.2) is 0 Å². The summed E-state index contributed by atoms with van der Waals surface area (Å²) in [5, 5.41) is 7.77. The summed E-state index contributed by atoms with van der Waals surface area (Å²) in [6.45, 7) is 4.61. The van der Waals surface area contributed by atoms with Crippen LogP contribution in [0.25, 0.3) is 0 Å². The molecule has 0 unspecified atom stereocenters. The van der Waals surface area contributed by atoms with Crippen LogP contribution in [0.1, 0.15) is 20.8 Å². The molecule has 0 aliphatic carbocycles. The first kappa shape index (κ1) is 16.3. The van der Waals surface area contributed by atoms with Crippen molar-refractivity contribution in [3.05, 3.63) is 0 Å². The van der Waals surface area contributed by atoms with Crippen molar-refractivity contribution in [1.29, 1.82) is 0 Å². The van der Waals surface area contributed by atoms with E-state index in [2.05, 4.69) is 0 Å². The van der Waals surface area contributed by atoms with Crippen LogP contribution < -0.4 is 4.72 Å². The largest absolute Gasteiger partial charge is 0.480 e. The predicted molar refractivity (Wildman–Crippen MR) is 62.6 cm³/mol. The van der Waals surface area contributed by atoms with Gasteiger partial charge in [-0.2, -0.15) is 4.72 Å². The van der Waals surface area contributed by atoms with Crippen molar-refractivity contribution in [2.45, 2.75) is 26.8 Å². The van der Waals surface area contributed by atoms with E-state index in [-0.39, 0.29) is 0 Å². The molecule has 0 rings (SSSR count). The van der Waals surface area contributed by atoms with Crippen molar-refractivity contribution in [3.63, 3.8) is 0 Å². The topological polar surface area (TPSA) is 118 Å². The van der Waals surface area contributed by atoms with Crippen LogP contribution in [-0.4, -0.2) is 45.3 Å². The van der Waals surface area contributed by atoms with E-state index >= 15 is 0 Å². The van der Waals surface area contributed by atoms with Gasteiger partial charge in [0.05, 0.1) is 0 Å². The minimum absolute atomic E-state index is 0.763. The molecule has 0 aliphatic rings. The molecule has 0 aromatic rings. The lowest BCUT2D eigenvalue weighted by Crippen LogP contribution is -2.50. The van der Waals surface area contributed by atoms with Gasteiger partial charge in [0.1, 0.15) is 6.04 Å². The van der Waals surface area contributed by atoms with E-state index in [1.54, 1.807) is 0 Å². The van der Waals surface area contributed by atoms with E-state index in [1.165, 1.54) is 20.8 Å². The summed E-state index contributed by atoms with van der Waals surface area (Å²) in [6.07, 6.45) is 0.763. The zero-order valence-corrected chi connectivity index (χ0v) is 11.7. The molecule has 0 aliphatic heterocycles. The van der Waals surface area contributed by atoms with Gasteiger partial charge in [0, 0.05) is 6.26 Å². The van der Waals surface area contributed by atoms with Gasteiger partial charge >= 0.3 is 5.97 Å². The monoisotopic (exact) mass is 287 g/mol. The number of carbonyl (C=O) groups is 1. The second-order valence-electron chi connectivity index (χ2n) is 4.91. The number of carboxylic acids is 1. The van der Waals surface area contributed by atoms with E-state index in [0.717, 1.165) is 6.26 Å². The third kappa shape index (κ3) is 6.59. The highest BCUT2D eigenvalue weighted by atomic mass is 32.3. The number of hydrogen-bond donors (Lipinski definition) is 2. The van der Waals surface area contributed by atoms with E-state index < -0.39 is 42.4 Å². The van der Waals surface area contributed by atoms with Gasteiger partial charge in [-0.3, -0.25) is 4.79 Å². The van der Waals surface area contributed by atoms with Gasteiger partial charge in [-0.05, 0) is 5.41 Å². The summed E-state index contributed by atoms with van der Waals surface area (Å²) >= 11 is 0. The maximum Gasteiger partial charge on any atom is 0.322 e. The number of rotatable bonds is 5. The quantitative estimate of drug-likeness (QED) is 0.697. The minimum atomic E-state index is -4.19. The Bertz CT molecular complexity index is 485. The van der Waals surface area contributed by atoms with Crippen molar-refractivity contribution in [2.24, 2.45) is 5.41 Å². The summed E-state index contributed by atoms with van der Waals surface area (Å²) in [4.78, 5) is 10.9. The second kappa shape index (κ2) is 4.91. The molecular formula is C8H17NO6S2. The van der Waals surface area contributed by atoms with Crippen LogP contribution >= 0.6 is 0 Å². The zero-order chi connectivity index (χ0) is 14.1. The normalized spacial score (nSPS) is 15.5. The van der Waals surface area contributed by atoms with Gasteiger partial charge in [-0.1, -0.05) is 20.8 Å². The van der Waals surface area contributed by atoms with E-state index in [0.29, 0.717) is 0 Å². The van der Waals surface area contributed by atoms with Crippen molar-refractivity contribution in [1.82, 2.24) is 4.72 Å². The Morgan fingerprint density at radius 3 is 1.88 bits per heavy atom. The number of hydrogen-bond acceptors (Lipinski definition) is 5.